The van der Waals surface area contributed by atoms with Gasteiger partial charge in [-0.25, -0.2) is 0 Å². The molecule has 0 aromatic carbocycles. The number of nitrogens with one attached hydrogen (secondary N) is 2. The highest BCUT2D eigenvalue weighted by Gasteiger charge is 2.40. The van der Waals surface area contributed by atoms with Gasteiger partial charge in [-0.2, -0.15) is 0 Å². The number of hydrogen-bond acceptors (Lipinski definition) is 3. The molecule has 104 valence electrons. The van der Waals surface area contributed by atoms with Crippen LogP contribution in [0.25, 0.3) is 0 Å². The summed E-state index contributed by atoms with van der Waals surface area (Å²) in [6.07, 6.45) is 5.58. The van der Waals surface area contributed by atoms with Crippen molar-refractivity contribution >= 4 is 5.91 Å². The van der Waals surface area contributed by atoms with Crippen LogP contribution in [0.5, 0.6) is 0 Å². The highest BCUT2D eigenvalue weighted by Crippen LogP contribution is 2.35. The van der Waals surface area contributed by atoms with Gasteiger partial charge in [-0.15, -0.1) is 0 Å². The zero-order valence-electron chi connectivity index (χ0n) is 11.8. The molecule has 1 saturated carbocycles. The van der Waals surface area contributed by atoms with Crippen molar-refractivity contribution in [2.24, 2.45) is 5.41 Å². The Balaban J connectivity index is 1.87. The van der Waals surface area contributed by atoms with Crippen LogP contribution in [-0.4, -0.2) is 37.7 Å². The Morgan fingerprint density at radius 1 is 1.33 bits per heavy atom. The number of piperidine rings is 1. The van der Waals surface area contributed by atoms with Gasteiger partial charge in [-0.05, 0) is 44.1 Å². The maximum absolute atomic E-state index is 12.3. The molecule has 0 bridgehead atoms. The van der Waals surface area contributed by atoms with Gasteiger partial charge in [0, 0.05) is 13.7 Å². The van der Waals surface area contributed by atoms with E-state index in [0.29, 0.717) is 6.54 Å². The molecule has 1 unspecified atom stereocenters. The minimum Gasteiger partial charge on any atom is -0.376 e. The normalized spacial score (nSPS) is 29.4. The van der Waals surface area contributed by atoms with E-state index in [4.69, 9.17) is 4.74 Å². The highest BCUT2D eigenvalue weighted by molar-refractivity contribution is 5.82. The third-order valence-corrected chi connectivity index (χ3v) is 4.67. The summed E-state index contributed by atoms with van der Waals surface area (Å²) in [5, 5.41) is 6.42. The van der Waals surface area contributed by atoms with Crippen molar-refractivity contribution in [3.05, 3.63) is 0 Å². The first-order valence-electron chi connectivity index (χ1n) is 7.05. The largest absolute Gasteiger partial charge is 0.376 e. The molecule has 2 rings (SSSR count). The summed E-state index contributed by atoms with van der Waals surface area (Å²) in [6.45, 7) is 5.92. The number of ether oxygens (including phenoxy) is 1. The SMILES string of the molecule is COC1(CNC(=O)C2NCCCC2(C)C)CCC1. The molecule has 1 aliphatic heterocycles. The van der Waals surface area contributed by atoms with Gasteiger partial charge < -0.3 is 15.4 Å². The van der Waals surface area contributed by atoms with E-state index in [2.05, 4.69) is 24.5 Å². The first kappa shape index (κ1) is 13.8. The molecule has 4 heteroatoms. The van der Waals surface area contributed by atoms with Crippen LogP contribution in [0.15, 0.2) is 0 Å². The van der Waals surface area contributed by atoms with E-state index < -0.39 is 0 Å². The number of carbonyl (C=O) groups excluding carboxylic acids is 1. The maximum Gasteiger partial charge on any atom is 0.237 e. The molecule has 0 aromatic heterocycles. The fraction of sp³-hybridized carbons (Fsp3) is 0.929. The van der Waals surface area contributed by atoms with Gasteiger partial charge in [0.1, 0.15) is 0 Å². The molecule has 0 radical (unpaired) electrons. The maximum atomic E-state index is 12.3. The minimum atomic E-state index is -0.0888. The van der Waals surface area contributed by atoms with Gasteiger partial charge in [0.05, 0.1) is 11.6 Å². The fourth-order valence-corrected chi connectivity index (χ4v) is 3.03. The van der Waals surface area contributed by atoms with E-state index in [1.807, 2.05) is 0 Å². The molecule has 1 atom stereocenters. The van der Waals surface area contributed by atoms with Crippen molar-refractivity contribution in [3.63, 3.8) is 0 Å². The quantitative estimate of drug-likeness (QED) is 0.798. The van der Waals surface area contributed by atoms with E-state index >= 15 is 0 Å². The van der Waals surface area contributed by atoms with Crippen LogP contribution in [-0.2, 0) is 9.53 Å². The zero-order chi connectivity index (χ0) is 13.2. The number of hydrogen-bond donors (Lipinski definition) is 2. The fourth-order valence-electron chi connectivity index (χ4n) is 3.03. The smallest absolute Gasteiger partial charge is 0.237 e. The molecule has 1 saturated heterocycles. The summed E-state index contributed by atoms with van der Waals surface area (Å²) in [5.74, 6) is 0.128. The van der Waals surface area contributed by atoms with Crippen molar-refractivity contribution in [1.29, 1.82) is 0 Å². The molecule has 2 N–H and O–H groups in total. The van der Waals surface area contributed by atoms with Crippen molar-refractivity contribution in [2.75, 3.05) is 20.2 Å². The Hall–Kier alpha value is -0.610. The first-order chi connectivity index (χ1) is 8.49. The van der Waals surface area contributed by atoms with E-state index in [1.165, 1.54) is 6.42 Å². The van der Waals surface area contributed by atoms with Crippen LogP contribution >= 0.6 is 0 Å². The first-order valence-corrected chi connectivity index (χ1v) is 7.05. The predicted molar refractivity (Wildman–Crippen MR) is 71.4 cm³/mol. The zero-order valence-corrected chi connectivity index (χ0v) is 11.8. The van der Waals surface area contributed by atoms with Gasteiger partial charge in [0.25, 0.3) is 0 Å². The summed E-state index contributed by atoms with van der Waals surface area (Å²) in [6, 6.07) is -0.0692. The summed E-state index contributed by atoms with van der Waals surface area (Å²) in [5.41, 5.74) is -0.0450. The molecular formula is C14H26N2O2. The Morgan fingerprint density at radius 3 is 2.56 bits per heavy atom. The lowest BCUT2D eigenvalue weighted by molar-refractivity contribution is -0.130. The molecule has 0 spiro atoms. The van der Waals surface area contributed by atoms with Crippen LogP contribution < -0.4 is 10.6 Å². The number of methoxy groups -OCH3 is 1. The van der Waals surface area contributed by atoms with Crippen molar-refractivity contribution in [3.8, 4) is 0 Å². The van der Waals surface area contributed by atoms with Crippen LogP contribution in [0.1, 0.15) is 46.0 Å². The van der Waals surface area contributed by atoms with Gasteiger partial charge >= 0.3 is 0 Å². The molecule has 18 heavy (non-hydrogen) atoms. The van der Waals surface area contributed by atoms with Gasteiger partial charge in [-0.1, -0.05) is 13.8 Å². The molecule has 2 fully saturated rings. The van der Waals surface area contributed by atoms with E-state index in [1.54, 1.807) is 7.11 Å². The van der Waals surface area contributed by atoms with Gasteiger partial charge in [0.15, 0.2) is 0 Å². The molecule has 1 amide bonds. The molecule has 1 aliphatic carbocycles. The second-order valence-electron chi connectivity index (χ2n) is 6.44. The lowest BCUT2D eigenvalue weighted by Gasteiger charge is -2.42. The monoisotopic (exact) mass is 254 g/mol. The predicted octanol–water partition coefficient (Wildman–Crippen LogP) is 1.45. The van der Waals surface area contributed by atoms with E-state index in [-0.39, 0.29) is 23.0 Å². The summed E-state index contributed by atoms with van der Waals surface area (Å²) in [7, 11) is 1.74. The second kappa shape index (κ2) is 5.17. The summed E-state index contributed by atoms with van der Waals surface area (Å²) in [4.78, 5) is 12.3. The molecule has 1 heterocycles. The Bertz CT molecular complexity index is 305. The Morgan fingerprint density at radius 2 is 2.06 bits per heavy atom. The van der Waals surface area contributed by atoms with Crippen LogP contribution in [0.2, 0.25) is 0 Å². The van der Waals surface area contributed by atoms with Crippen molar-refractivity contribution in [2.45, 2.75) is 57.6 Å². The van der Waals surface area contributed by atoms with Crippen LogP contribution in [0.4, 0.5) is 0 Å². The van der Waals surface area contributed by atoms with E-state index in [0.717, 1.165) is 32.2 Å². The Kier molecular flexibility index (Phi) is 3.97. The summed E-state index contributed by atoms with van der Waals surface area (Å²) < 4.78 is 5.53. The lowest BCUT2D eigenvalue weighted by Crippen LogP contribution is -2.58. The topological polar surface area (TPSA) is 50.4 Å². The Labute approximate surface area is 110 Å². The van der Waals surface area contributed by atoms with Crippen molar-refractivity contribution < 1.29 is 9.53 Å². The van der Waals surface area contributed by atoms with Gasteiger partial charge in [-0.3, -0.25) is 4.79 Å². The average molecular weight is 254 g/mol. The van der Waals surface area contributed by atoms with Crippen LogP contribution in [0.3, 0.4) is 0 Å². The third-order valence-electron chi connectivity index (χ3n) is 4.67. The second-order valence-corrected chi connectivity index (χ2v) is 6.44. The third kappa shape index (κ3) is 2.69. The molecular weight excluding hydrogens is 228 g/mol. The molecule has 2 aliphatic rings. The number of rotatable bonds is 4. The van der Waals surface area contributed by atoms with E-state index in [9.17, 15) is 4.79 Å². The summed E-state index contributed by atoms with van der Waals surface area (Å²) >= 11 is 0. The van der Waals surface area contributed by atoms with Crippen molar-refractivity contribution in [1.82, 2.24) is 10.6 Å². The number of amides is 1. The molecule has 0 aromatic rings. The standard InChI is InChI=1S/C14H26N2O2/c1-13(2)6-5-9-15-11(13)12(17)16-10-14(18-3)7-4-8-14/h11,15H,4-10H2,1-3H3,(H,16,17). The molecule has 4 nitrogen and oxygen atoms in total. The average Bonchev–Trinajstić information content (AvgIpc) is 2.27. The lowest BCUT2D eigenvalue weighted by atomic mass is 9.76. The highest BCUT2D eigenvalue weighted by atomic mass is 16.5. The van der Waals surface area contributed by atoms with Crippen LogP contribution in [0, 0.1) is 5.41 Å². The van der Waals surface area contributed by atoms with Gasteiger partial charge in [0.2, 0.25) is 5.91 Å². The minimum absolute atomic E-state index is 0.0438. The number of carbonyl (C=O) groups is 1.